The van der Waals surface area contributed by atoms with Crippen molar-refractivity contribution in [2.24, 2.45) is 5.92 Å². The third-order valence-electron chi connectivity index (χ3n) is 3.53. The minimum Gasteiger partial charge on any atom is -0.393 e. The number of aliphatic hydroxyl groups excluding tert-OH is 1. The third kappa shape index (κ3) is 4.35. The van der Waals surface area contributed by atoms with Crippen LogP contribution < -0.4 is 5.32 Å². The molecular weight excluding hydrogens is 238 g/mol. The molecule has 2 unspecified atom stereocenters. The second-order valence-corrected chi connectivity index (χ2v) is 4.78. The van der Waals surface area contributed by atoms with E-state index in [0.29, 0.717) is 6.54 Å². The van der Waals surface area contributed by atoms with Crippen molar-refractivity contribution in [3.63, 3.8) is 0 Å². The van der Waals surface area contributed by atoms with Gasteiger partial charge in [-0.1, -0.05) is 38.5 Å². The summed E-state index contributed by atoms with van der Waals surface area (Å²) in [7, 11) is 0. The van der Waals surface area contributed by atoms with Crippen molar-refractivity contribution < 1.29 is 9.90 Å². The molecule has 3 nitrogen and oxygen atoms in total. The van der Waals surface area contributed by atoms with Crippen LogP contribution in [-0.2, 0) is 0 Å². The quantitative estimate of drug-likeness (QED) is 0.881. The minimum absolute atomic E-state index is 0.0396. The van der Waals surface area contributed by atoms with E-state index in [-0.39, 0.29) is 17.9 Å². The fraction of sp³-hybridized carbons (Fsp3) is 0.562. The fourth-order valence-electron chi connectivity index (χ4n) is 2.40. The predicted molar refractivity (Wildman–Crippen MR) is 78.2 cm³/mol. The van der Waals surface area contributed by atoms with Crippen molar-refractivity contribution in [1.82, 2.24) is 5.32 Å². The Morgan fingerprint density at radius 2 is 2.00 bits per heavy atom. The number of hydrogen-bond acceptors (Lipinski definition) is 2. The van der Waals surface area contributed by atoms with Gasteiger partial charge in [-0.05, 0) is 31.4 Å². The maximum absolute atomic E-state index is 11.9. The maximum atomic E-state index is 11.9. The summed E-state index contributed by atoms with van der Waals surface area (Å²) in [4.78, 5) is 11.9. The molecule has 1 aliphatic carbocycles. The average molecular weight is 263 g/mol. The van der Waals surface area contributed by atoms with Crippen molar-refractivity contribution in [3.05, 3.63) is 35.4 Å². The summed E-state index contributed by atoms with van der Waals surface area (Å²) in [6, 6.07) is 7.55. The smallest absolute Gasteiger partial charge is 0.251 e. The molecule has 1 aliphatic rings. The first-order valence-electron chi connectivity index (χ1n) is 7.20. The SMILES string of the molecule is CC.Cc1ccccc1C(=O)NCC1CCCC1O. The first-order chi connectivity index (χ1) is 9.18. The molecule has 0 aromatic heterocycles. The number of carbonyl (C=O) groups excluding carboxylic acids is 1. The van der Waals surface area contributed by atoms with Crippen molar-refractivity contribution in [2.75, 3.05) is 6.54 Å². The Hall–Kier alpha value is -1.35. The first-order valence-corrected chi connectivity index (χ1v) is 7.20. The summed E-state index contributed by atoms with van der Waals surface area (Å²) in [5.41, 5.74) is 1.71. The molecule has 0 bridgehead atoms. The van der Waals surface area contributed by atoms with Crippen molar-refractivity contribution in [1.29, 1.82) is 0 Å². The van der Waals surface area contributed by atoms with E-state index in [2.05, 4.69) is 5.32 Å². The maximum Gasteiger partial charge on any atom is 0.251 e. The van der Waals surface area contributed by atoms with Crippen molar-refractivity contribution in [2.45, 2.75) is 46.1 Å². The predicted octanol–water partition coefficient (Wildman–Crippen LogP) is 2.91. The molecule has 3 heteroatoms. The highest BCUT2D eigenvalue weighted by molar-refractivity contribution is 5.95. The summed E-state index contributed by atoms with van der Waals surface area (Å²) in [5, 5.41) is 12.6. The highest BCUT2D eigenvalue weighted by Crippen LogP contribution is 2.24. The van der Waals surface area contributed by atoms with Gasteiger partial charge in [0.1, 0.15) is 0 Å². The van der Waals surface area contributed by atoms with Crippen LogP contribution in [0.15, 0.2) is 24.3 Å². The zero-order valence-electron chi connectivity index (χ0n) is 12.1. The van der Waals surface area contributed by atoms with Crippen molar-refractivity contribution in [3.8, 4) is 0 Å². The van der Waals surface area contributed by atoms with Crippen LogP contribution in [0.4, 0.5) is 0 Å². The normalized spacial score (nSPS) is 21.5. The monoisotopic (exact) mass is 263 g/mol. The second kappa shape index (κ2) is 7.95. The van der Waals surface area contributed by atoms with Gasteiger partial charge in [0.05, 0.1) is 6.10 Å². The molecule has 1 aromatic rings. The van der Waals surface area contributed by atoms with Gasteiger partial charge >= 0.3 is 0 Å². The molecule has 0 heterocycles. The zero-order chi connectivity index (χ0) is 14.3. The summed E-state index contributed by atoms with van der Waals surface area (Å²) in [6.45, 7) is 6.51. The molecule has 2 atom stereocenters. The molecule has 1 saturated carbocycles. The van der Waals surface area contributed by atoms with E-state index >= 15 is 0 Å². The van der Waals surface area contributed by atoms with E-state index in [0.717, 1.165) is 30.4 Å². The highest BCUT2D eigenvalue weighted by Gasteiger charge is 2.25. The molecule has 0 aliphatic heterocycles. The molecule has 106 valence electrons. The Morgan fingerprint density at radius 1 is 1.32 bits per heavy atom. The van der Waals surface area contributed by atoms with Gasteiger partial charge < -0.3 is 10.4 Å². The van der Waals surface area contributed by atoms with Crippen LogP contribution in [0.2, 0.25) is 0 Å². The molecular formula is C16H25NO2. The Balaban J connectivity index is 0.000000861. The van der Waals surface area contributed by atoms with E-state index in [1.165, 1.54) is 0 Å². The molecule has 0 radical (unpaired) electrons. The summed E-state index contributed by atoms with van der Waals surface area (Å²) in [5.74, 6) is 0.185. The fourth-order valence-corrected chi connectivity index (χ4v) is 2.40. The lowest BCUT2D eigenvalue weighted by molar-refractivity contribution is 0.0916. The van der Waals surface area contributed by atoms with Crippen LogP contribution in [0.5, 0.6) is 0 Å². The highest BCUT2D eigenvalue weighted by atomic mass is 16.3. The number of carbonyl (C=O) groups is 1. The Kier molecular flexibility index (Phi) is 6.57. The van der Waals surface area contributed by atoms with Gasteiger partial charge in [0.25, 0.3) is 5.91 Å². The van der Waals surface area contributed by atoms with E-state index < -0.39 is 0 Å². The van der Waals surface area contributed by atoms with Gasteiger partial charge in [-0.2, -0.15) is 0 Å². The van der Waals surface area contributed by atoms with Crippen LogP contribution >= 0.6 is 0 Å². The number of benzene rings is 1. The standard InChI is InChI=1S/C14H19NO2.C2H6/c1-10-5-2-3-7-12(10)14(17)15-9-11-6-4-8-13(11)16;1-2/h2-3,5,7,11,13,16H,4,6,8-9H2,1H3,(H,15,17);1-2H3. The molecule has 0 spiro atoms. The lowest BCUT2D eigenvalue weighted by atomic mass is 10.1. The average Bonchev–Trinajstić information content (AvgIpc) is 2.84. The summed E-state index contributed by atoms with van der Waals surface area (Å²) in [6.07, 6.45) is 2.69. The Labute approximate surface area is 116 Å². The van der Waals surface area contributed by atoms with Gasteiger partial charge in [-0.3, -0.25) is 4.79 Å². The molecule has 19 heavy (non-hydrogen) atoms. The van der Waals surface area contributed by atoms with Gasteiger partial charge in [0.2, 0.25) is 0 Å². The number of aryl methyl sites for hydroxylation is 1. The zero-order valence-corrected chi connectivity index (χ0v) is 12.1. The van der Waals surface area contributed by atoms with Crippen LogP contribution in [0.1, 0.15) is 49.0 Å². The van der Waals surface area contributed by atoms with E-state index in [9.17, 15) is 9.90 Å². The number of amides is 1. The molecule has 1 aromatic carbocycles. The molecule has 1 amide bonds. The third-order valence-corrected chi connectivity index (χ3v) is 3.53. The Morgan fingerprint density at radius 3 is 2.58 bits per heavy atom. The van der Waals surface area contributed by atoms with Gasteiger partial charge in [-0.25, -0.2) is 0 Å². The molecule has 1 fully saturated rings. The number of aliphatic hydroxyl groups is 1. The van der Waals surface area contributed by atoms with Crippen LogP contribution in [0, 0.1) is 12.8 Å². The minimum atomic E-state index is -0.243. The van der Waals surface area contributed by atoms with Crippen LogP contribution in [0.3, 0.4) is 0 Å². The number of hydrogen-bond donors (Lipinski definition) is 2. The molecule has 2 rings (SSSR count). The van der Waals surface area contributed by atoms with Crippen molar-refractivity contribution >= 4 is 5.91 Å². The number of nitrogens with one attached hydrogen (secondary N) is 1. The first kappa shape index (κ1) is 15.7. The summed E-state index contributed by atoms with van der Waals surface area (Å²) < 4.78 is 0. The second-order valence-electron chi connectivity index (χ2n) is 4.78. The van der Waals surface area contributed by atoms with E-state index in [1.54, 1.807) is 0 Å². The lowest BCUT2D eigenvalue weighted by Gasteiger charge is -2.15. The lowest BCUT2D eigenvalue weighted by Crippen LogP contribution is -2.32. The largest absolute Gasteiger partial charge is 0.393 e. The van der Waals surface area contributed by atoms with Crippen LogP contribution in [0.25, 0.3) is 0 Å². The van der Waals surface area contributed by atoms with Gasteiger partial charge in [-0.15, -0.1) is 0 Å². The van der Waals surface area contributed by atoms with Gasteiger partial charge in [0, 0.05) is 18.0 Å². The van der Waals surface area contributed by atoms with E-state index in [4.69, 9.17) is 0 Å². The van der Waals surface area contributed by atoms with Gasteiger partial charge in [0.15, 0.2) is 0 Å². The molecule has 0 saturated heterocycles. The number of rotatable bonds is 3. The molecule has 2 N–H and O–H groups in total. The Bertz CT molecular complexity index is 403. The van der Waals surface area contributed by atoms with Crippen LogP contribution in [-0.4, -0.2) is 23.7 Å². The summed E-state index contributed by atoms with van der Waals surface area (Å²) >= 11 is 0. The van der Waals surface area contributed by atoms with E-state index in [1.807, 2.05) is 45.0 Å². The topological polar surface area (TPSA) is 49.3 Å².